The Labute approximate surface area is 160 Å². The zero-order chi connectivity index (χ0) is 18.6. The summed E-state index contributed by atoms with van der Waals surface area (Å²) in [6.45, 7) is 2.14. The molecule has 0 aromatic heterocycles. The third-order valence-electron chi connectivity index (χ3n) is 5.17. The second-order valence-corrected chi connectivity index (χ2v) is 7.13. The number of amides is 1. The normalized spacial score (nSPS) is 18.6. The van der Waals surface area contributed by atoms with Gasteiger partial charge in [-0.1, -0.05) is 66.7 Å². The summed E-state index contributed by atoms with van der Waals surface area (Å²) in [6, 6.07) is 28.8. The molecule has 1 aliphatic heterocycles. The minimum absolute atomic E-state index is 0.136. The average molecular weight is 356 g/mol. The molecule has 136 valence electrons. The number of fused-ring (bicyclic) bond motifs is 1. The monoisotopic (exact) mass is 356 g/mol. The summed E-state index contributed by atoms with van der Waals surface area (Å²) in [4.78, 5) is 15.1. The second kappa shape index (κ2) is 7.67. The smallest absolute Gasteiger partial charge is 0.231 e. The van der Waals surface area contributed by atoms with Crippen LogP contribution in [0.2, 0.25) is 0 Å². The first-order valence-electron chi connectivity index (χ1n) is 9.49. The van der Waals surface area contributed by atoms with Gasteiger partial charge in [0, 0.05) is 17.4 Å². The Morgan fingerprint density at radius 3 is 2.30 bits per heavy atom. The molecule has 3 aromatic carbocycles. The number of para-hydroxylation sites is 2. The van der Waals surface area contributed by atoms with Gasteiger partial charge in [-0.15, -0.1) is 0 Å². The summed E-state index contributed by atoms with van der Waals surface area (Å²) in [6.07, 6.45) is 1.31. The molecule has 1 amide bonds. The van der Waals surface area contributed by atoms with E-state index in [0.717, 1.165) is 23.4 Å². The third kappa shape index (κ3) is 3.72. The zero-order valence-electron chi connectivity index (χ0n) is 15.5. The van der Waals surface area contributed by atoms with E-state index < -0.39 is 0 Å². The maximum absolute atomic E-state index is 13.1. The van der Waals surface area contributed by atoms with Crippen LogP contribution in [0.5, 0.6) is 0 Å². The molecule has 2 atom stereocenters. The van der Waals surface area contributed by atoms with Crippen molar-refractivity contribution in [3.8, 4) is 0 Å². The largest absolute Gasteiger partial charge is 0.378 e. The number of benzene rings is 3. The highest BCUT2D eigenvalue weighted by Crippen LogP contribution is 2.39. The van der Waals surface area contributed by atoms with Gasteiger partial charge in [0.05, 0.1) is 12.5 Å². The lowest BCUT2D eigenvalue weighted by atomic mass is 9.91. The Balaban J connectivity index is 1.62. The van der Waals surface area contributed by atoms with E-state index >= 15 is 0 Å². The van der Waals surface area contributed by atoms with Crippen molar-refractivity contribution in [1.82, 2.24) is 0 Å². The predicted octanol–water partition coefficient (Wildman–Crippen LogP) is 5.21. The van der Waals surface area contributed by atoms with Gasteiger partial charge in [0.25, 0.3) is 0 Å². The molecule has 0 saturated heterocycles. The van der Waals surface area contributed by atoms with Gasteiger partial charge in [0.1, 0.15) is 0 Å². The van der Waals surface area contributed by atoms with Gasteiger partial charge in [0.15, 0.2) is 0 Å². The molecule has 0 saturated carbocycles. The minimum Gasteiger partial charge on any atom is -0.378 e. The quantitative estimate of drug-likeness (QED) is 0.696. The van der Waals surface area contributed by atoms with Crippen molar-refractivity contribution in [3.63, 3.8) is 0 Å². The topological polar surface area (TPSA) is 32.3 Å². The number of anilines is 2. The van der Waals surface area contributed by atoms with E-state index in [9.17, 15) is 4.79 Å². The highest BCUT2D eigenvalue weighted by Gasteiger charge is 2.33. The van der Waals surface area contributed by atoms with Crippen molar-refractivity contribution in [1.29, 1.82) is 0 Å². The molecule has 4 rings (SSSR count). The summed E-state index contributed by atoms with van der Waals surface area (Å²) in [5, 5.41) is 3.64. The summed E-state index contributed by atoms with van der Waals surface area (Å²) in [5.41, 5.74) is 4.36. The van der Waals surface area contributed by atoms with Crippen molar-refractivity contribution in [2.45, 2.75) is 31.8 Å². The van der Waals surface area contributed by atoms with Gasteiger partial charge in [-0.3, -0.25) is 4.79 Å². The van der Waals surface area contributed by atoms with E-state index in [1.165, 1.54) is 5.56 Å². The Morgan fingerprint density at radius 1 is 0.926 bits per heavy atom. The first-order valence-corrected chi connectivity index (χ1v) is 9.49. The molecule has 0 bridgehead atoms. The highest BCUT2D eigenvalue weighted by molar-refractivity contribution is 5.96. The number of nitrogens with zero attached hydrogens (tertiary/aromatic N) is 1. The first-order chi connectivity index (χ1) is 13.2. The Morgan fingerprint density at radius 2 is 1.56 bits per heavy atom. The maximum atomic E-state index is 13.1. The summed E-state index contributed by atoms with van der Waals surface area (Å²) < 4.78 is 0. The van der Waals surface area contributed by atoms with Crippen molar-refractivity contribution in [2.24, 2.45) is 0 Å². The van der Waals surface area contributed by atoms with Crippen LogP contribution in [-0.4, -0.2) is 11.9 Å². The van der Waals surface area contributed by atoms with Crippen molar-refractivity contribution >= 4 is 17.3 Å². The van der Waals surface area contributed by atoms with Crippen LogP contribution in [0.15, 0.2) is 84.9 Å². The molecule has 2 unspecified atom stereocenters. The lowest BCUT2D eigenvalue weighted by Crippen LogP contribution is -2.45. The van der Waals surface area contributed by atoms with Gasteiger partial charge < -0.3 is 10.2 Å². The predicted molar refractivity (Wildman–Crippen MR) is 111 cm³/mol. The number of carbonyl (C=O) groups is 1. The van der Waals surface area contributed by atoms with Crippen LogP contribution >= 0.6 is 0 Å². The molecule has 1 N–H and O–H groups in total. The van der Waals surface area contributed by atoms with Crippen LogP contribution in [0.25, 0.3) is 0 Å². The van der Waals surface area contributed by atoms with Crippen molar-refractivity contribution in [2.75, 3.05) is 10.2 Å². The Bertz CT molecular complexity index is 908. The molecular formula is C24H24N2O. The molecule has 27 heavy (non-hydrogen) atoms. The summed E-state index contributed by atoms with van der Waals surface area (Å²) in [5.74, 6) is 0.152. The van der Waals surface area contributed by atoms with E-state index in [0.29, 0.717) is 6.42 Å². The SMILES string of the molecule is CC1CC(Nc2ccccc2)c2ccccc2N1C(=O)Cc1ccccc1. The second-order valence-electron chi connectivity index (χ2n) is 7.13. The highest BCUT2D eigenvalue weighted by atomic mass is 16.2. The lowest BCUT2D eigenvalue weighted by molar-refractivity contribution is -0.118. The fraction of sp³-hybridized carbons (Fsp3) is 0.208. The number of hydrogen-bond donors (Lipinski definition) is 1. The first kappa shape index (κ1) is 17.3. The molecule has 0 aliphatic carbocycles. The average Bonchev–Trinajstić information content (AvgIpc) is 2.69. The minimum atomic E-state index is 0.136. The molecule has 1 aliphatic rings. The van der Waals surface area contributed by atoms with Crippen LogP contribution in [0, 0.1) is 0 Å². The van der Waals surface area contributed by atoms with Gasteiger partial charge in [-0.05, 0) is 42.7 Å². The van der Waals surface area contributed by atoms with Crippen LogP contribution in [0.1, 0.15) is 30.5 Å². The number of nitrogens with one attached hydrogen (secondary N) is 1. The van der Waals surface area contributed by atoms with Gasteiger partial charge >= 0.3 is 0 Å². The van der Waals surface area contributed by atoms with E-state index in [-0.39, 0.29) is 18.0 Å². The summed E-state index contributed by atoms with van der Waals surface area (Å²) in [7, 11) is 0. The van der Waals surface area contributed by atoms with Crippen LogP contribution in [-0.2, 0) is 11.2 Å². The number of rotatable bonds is 4. The third-order valence-corrected chi connectivity index (χ3v) is 5.17. The van der Waals surface area contributed by atoms with Crippen LogP contribution in [0.4, 0.5) is 11.4 Å². The summed E-state index contributed by atoms with van der Waals surface area (Å²) >= 11 is 0. The van der Waals surface area contributed by atoms with Crippen LogP contribution in [0.3, 0.4) is 0 Å². The fourth-order valence-electron chi connectivity index (χ4n) is 3.92. The molecule has 1 heterocycles. The molecule has 0 spiro atoms. The molecule has 3 heteroatoms. The molecular weight excluding hydrogens is 332 g/mol. The van der Waals surface area contributed by atoms with Gasteiger partial charge in [-0.25, -0.2) is 0 Å². The van der Waals surface area contributed by atoms with Gasteiger partial charge in [0.2, 0.25) is 5.91 Å². The molecule has 0 fully saturated rings. The molecule has 0 radical (unpaired) electrons. The molecule has 3 nitrogen and oxygen atoms in total. The fourth-order valence-corrected chi connectivity index (χ4v) is 3.92. The lowest BCUT2D eigenvalue weighted by Gasteiger charge is -2.40. The zero-order valence-corrected chi connectivity index (χ0v) is 15.5. The van der Waals surface area contributed by atoms with E-state index in [1.54, 1.807) is 0 Å². The van der Waals surface area contributed by atoms with E-state index in [1.807, 2.05) is 65.6 Å². The maximum Gasteiger partial charge on any atom is 0.231 e. The van der Waals surface area contributed by atoms with Crippen LogP contribution < -0.4 is 10.2 Å². The van der Waals surface area contributed by atoms with Gasteiger partial charge in [-0.2, -0.15) is 0 Å². The molecule has 3 aromatic rings. The van der Waals surface area contributed by atoms with E-state index in [2.05, 4.69) is 36.5 Å². The number of hydrogen-bond acceptors (Lipinski definition) is 2. The Hall–Kier alpha value is -3.07. The van der Waals surface area contributed by atoms with E-state index in [4.69, 9.17) is 0 Å². The number of carbonyl (C=O) groups excluding carboxylic acids is 1. The Kier molecular flexibility index (Phi) is 4.93. The standard InChI is InChI=1S/C24H24N2O/c1-18-16-22(25-20-12-6-3-7-13-20)21-14-8-9-15-23(21)26(18)24(27)17-19-10-4-2-5-11-19/h2-15,18,22,25H,16-17H2,1H3. The van der Waals surface area contributed by atoms with Crippen molar-refractivity contribution in [3.05, 3.63) is 96.1 Å². The van der Waals surface area contributed by atoms with Crippen molar-refractivity contribution < 1.29 is 4.79 Å².